The minimum atomic E-state index is -0.341. The van der Waals surface area contributed by atoms with Gasteiger partial charge in [-0.2, -0.15) is 0 Å². The molecule has 0 unspecified atom stereocenters. The third kappa shape index (κ3) is 5.60. The molecule has 0 atom stereocenters. The number of hydrogen-bond acceptors (Lipinski definition) is 2. The van der Waals surface area contributed by atoms with Gasteiger partial charge in [-0.3, -0.25) is 9.59 Å². The fourth-order valence-electron chi connectivity index (χ4n) is 9.06. The molecule has 0 fully saturated rings. The molecule has 4 nitrogen and oxygen atoms in total. The van der Waals surface area contributed by atoms with Gasteiger partial charge in [0.2, 0.25) is 0 Å². The number of imide groups is 1. The fraction of sp³-hybridized carbons (Fsp3) is 0.0741. The van der Waals surface area contributed by atoms with E-state index in [0.717, 1.165) is 55.2 Å². The van der Waals surface area contributed by atoms with Crippen LogP contribution in [0.4, 0.5) is 5.69 Å². The second-order valence-electron chi connectivity index (χ2n) is 15.5. The molecule has 1 aliphatic heterocycles. The molecular formula is C54H40N2O2. The standard InChI is InChI=1S/C54H40N2O2/c1-33-21-25-41(35(3)29-33)39-23-27-47-45(31-39)46-32-40(42-26-22-34(2)30-36(42)4)24-28-48(46)55(47)50-20-12-18-44-52(50)54(58)56(53(44)57)49-19-11-17-43(37-13-7-5-8-14-37)51(49)38-15-9-6-10-16-38/h5-32H,1-4H3. The molecule has 10 rings (SSSR count). The van der Waals surface area contributed by atoms with Crippen LogP contribution < -0.4 is 4.90 Å². The summed E-state index contributed by atoms with van der Waals surface area (Å²) >= 11 is 0. The van der Waals surface area contributed by atoms with Gasteiger partial charge in [0, 0.05) is 16.3 Å². The number of amides is 2. The Labute approximate surface area is 338 Å². The molecule has 0 spiro atoms. The number of fused-ring (bicyclic) bond motifs is 4. The van der Waals surface area contributed by atoms with Crippen molar-refractivity contribution >= 4 is 39.3 Å². The molecule has 0 saturated heterocycles. The van der Waals surface area contributed by atoms with Crippen molar-refractivity contribution in [3.8, 4) is 50.2 Å². The van der Waals surface area contributed by atoms with Crippen LogP contribution in [-0.4, -0.2) is 16.4 Å². The highest BCUT2D eigenvalue weighted by Crippen LogP contribution is 2.45. The molecule has 1 aromatic heterocycles. The fourth-order valence-corrected chi connectivity index (χ4v) is 9.06. The Morgan fingerprint density at radius 2 is 0.879 bits per heavy atom. The Morgan fingerprint density at radius 1 is 0.362 bits per heavy atom. The van der Waals surface area contributed by atoms with Gasteiger partial charge in [-0.1, -0.05) is 139 Å². The molecular weight excluding hydrogens is 709 g/mol. The minimum Gasteiger partial charge on any atom is -0.308 e. The van der Waals surface area contributed by atoms with Crippen molar-refractivity contribution in [3.05, 3.63) is 203 Å². The highest BCUT2D eigenvalue weighted by molar-refractivity contribution is 6.37. The molecule has 8 aromatic carbocycles. The summed E-state index contributed by atoms with van der Waals surface area (Å²) in [7, 11) is 0. The number of aryl methyl sites for hydroxylation is 4. The third-order valence-corrected chi connectivity index (χ3v) is 11.7. The topological polar surface area (TPSA) is 42.3 Å². The van der Waals surface area contributed by atoms with Crippen molar-refractivity contribution in [1.82, 2.24) is 4.57 Å². The molecule has 0 aliphatic carbocycles. The lowest BCUT2D eigenvalue weighted by molar-refractivity contribution is 0.0926. The van der Waals surface area contributed by atoms with E-state index in [2.05, 4.69) is 123 Å². The van der Waals surface area contributed by atoms with E-state index < -0.39 is 0 Å². The maximum atomic E-state index is 15.1. The zero-order valence-electron chi connectivity index (χ0n) is 32.9. The molecule has 58 heavy (non-hydrogen) atoms. The molecule has 0 N–H and O–H groups in total. The number of anilines is 1. The Balaban J connectivity index is 1.19. The van der Waals surface area contributed by atoms with Crippen LogP contribution >= 0.6 is 0 Å². The number of nitrogens with zero attached hydrogens (tertiary/aromatic N) is 2. The van der Waals surface area contributed by atoms with Crippen molar-refractivity contribution in [2.75, 3.05) is 4.90 Å². The molecule has 1 aliphatic rings. The molecule has 2 heterocycles. The molecule has 9 aromatic rings. The van der Waals surface area contributed by atoms with Gasteiger partial charge in [0.1, 0.15) is 0 Å². The van der Waals surface area contributed by atoms with Gasteiger partial charge in [0.15, 0.2) is 0 Å². The van der Waals surface area contributed by atoms with E-state index >= 15 is 4.79 Å². The van der Waals surface area contributed by atoms with Crippen LogP contribution in [0.2, 0.25) is 0 Å². The summed E-state index contributed by atoms with van der Waals surface area (Å²) in [6.07, 6.45) is 0. The first-order chi connectivity index (χ1) is 28.3. The average Bonchev–Trinajstić information content (AvgIpc) is 3.70. The zero-order valence-corrected chi connectivity index (χ0v) is 32.9. The van der Waals surface area contributed by atoms with Crippen LogP contribution in [0.3, 0.4) is 0 Å². The Bertz CT molecular complexity index is 3030. The number of hydrogen-bond donors (Lipinski definition) is 0. The van der Waals surface area contributed by atoms with E-state index in [4.69, 9.17) is 0 Å². The predicted molar refractivity (Wildman–Crippen MR) is 239 cm³/mol. The number of rotatable bonds is 6. The van der Waals surface area contributed by atoms with E-state index in [9.17, 15) is 4.79 Å². The van der Waals surface area contributed by atoms with Crippen LogP contribution in [0.15, 0.2) is 170 Å². The van der Waals surface area contributed by atoms with Crippen molar-refractivity contribution in [2.45, 2.75) is 27.7 Å². The molecule has 278 valence electrons. The summed E-state index contributed by atoms with van der Waals surface area (Å²) in [6, 6.07) is 58.1. The largest absolute Gasteiger partial charge is 0.308 e. The average molecular weight is 749 g/mol. The monoisotopic (exact) mass is 748 g/mol. The number of benzene rings is 8. The van der Waals surface area contributed by atoms with Crippen molar-refractivity contribution in [2.24, 2.45) is 0 Å². The molecule has 0 saturated carbocycles. The SMILES string of the molecule is Cc1ccc(-c2ccc3c(c2)c2cc(-c4ccc(C)cc4C)ccc2n3-c2cccc3c2C(=O)N(c2cccc(-c4ccccc4)c2-c2ccccc2)C3=O)c(C)c1. The second-order valence-corrected chi connectivity index (χ2v) is 15.5. The number of aromatic nitrogens is 1. The normalized spacial score (nSPS) is 12.5. The van der Waals surface area contributed by atoms with E-state index in [1.165, 1.54) is 38.3 Å². The predicted octanol–water partition coefficient (Wildman–Crippen LogP) is 13.5. The van der Waals surface area contributed by atoms with E-state index in [-0.39, 0.29) is 11.8 Å². The Kier molecular flexibility index (Phi) is 8.31. The maximum absolute atomic E-state index is 15.1. The highest BCUT2D eigenvalue weighted by atomic mass is 16.2. The number of carbonyl (C=O) groups is 2. The first kappa shape index (κ1) is 35.1. The quantitative estimate of drug-likeness (QED) is 0.159. The van der Waals surface area contributed by atoms with Crippen LogP contribution in [0.5, 0.6) is 0 Å². The first-order valence-electron chi connectivity index (χ1n) is 19.8. The summed E-state index contributed by atoms with van der Waals surface area (Å²) < 4.78 is 2.17. The molecule has 0 radical (unpaired) electrons. The smallest absolute Gasteiger partial charge is 0.268 e. The van der Waals surface area contributed by atoms with E-state index in [1.54, 1.807) is 6.07 Å². The minimum absolute atomic E-state index is 0.334. The maximum Gasteiger partial charge on any atom is 0.268 e. The van der Waals surface area contributed by atoms with Crippen molar-refractivity contribution in [3.63, 3.8) is 0 Å². The van der Waals surface area contributed by atoms with Crippen molar-refractivity contribution < 1.29 is 9.59 Å². The van der Waals surface area contributed by atoms with Gasteiger partial charge >= 0.3 is 0 Å². The van der Waals surface area contributed by atoms with Crippen LogP contribution in [-0.2, 0) is 0 Å². The van der Waals surface area contributed by atoms with Gasteiger partial charge in [0.05, 0.1) is 33.5 Å². The zero-order chi connectivity index (χ0) is 39.7. The lowest BCUT2D eigenvalue weighted by atomic mass is 9.92. The Morgan fingerprint density at radius 3 is 1.43 bits per heavy atom. The summed E-state index contributed by atoms with van der Waals surface area (Å²) in [5.74, 6) is -0.675. The van der Waals surface area contributed by atoms with Crippen molar-refractivity contribution in [1.29, 1.82) is 0 Å². The molecule has 2 amide bonds. The van der Waals surface area contributed by atoms with Crippen LogP contribution in [0.25, 0.3) is 72.0 Å². The van der Waals surface area contributed by atoms with Crippen LogP contribution in [0.1, 0.15) is 43.0 Å². The summed E-state index contributed by atoms with van der Waals surface area (Å²) in [5.41, 5.74) is 17.2. The third-order valence-electron chi connectivity index (χ3n) is 11.7. The van der Waals surface area contributed by atoms with Crippen LogP contribution in [0, 0.1) is 27.7 Å². The summed E-state index contributed by atoms with van der Waals surface area (Å²) in [5, 5.41) is 2.15. The lowest BCUT2D eigenvalue weighted by Gasteiger charge is -2.22. The second kappa shape index (κ2) is 13.7. The van der Waals surface area contributed by atoms with Gasteiger partial charge in [-0.05, 0) is 120 Å². The molecule has 0 bridgehead atoms. The van der Waals surface area contributed by atoms with E-state index in [0.29, 0.717) is 22.5 Å². The molecule has 4 heteroatoms. The van der Waals surface area contributed by atoms with Gasteiger partial charge in [-0.25, -0.2) is 4.90 Å². The van der Waals surface area contributed by atoms with E-state index in [1.807, 2.05) is 72.8 Å². The lowest BCUT2D eigenvalue weighted by Crippen LogP contribution is -2.30. The summed E-state index contributed by atoms with van der Waals surface area (Å²) in [4.78, 5) is 31.2. The van der Waals surface area contributed by atoms with Gasteiger partial charge < -0.3 is 4.57 Å². The van der Waals surface area contributed by atoms with Gasteiger partial charge in [0.25, 0.3) is 11.8 Å². The number of carbonyl (C=O) groups excluding carboxylic acids is 2. The van der Waals surface area contributed by atoms with Gasteiger partial charge in [-0.15, -0.1) is 0 Å². The highest BCUT2D eigenvalue weighted by Gasteiger charge is 2.41. The summed E-state index contributed by atoms with van der Waals surface area (Å²) in [6.45, 7) is 8.56. The Hall–Kier alpha value is -7.30. The first-order valence-corrected chi connectivity index (χ1v) is 19.8.